The quantitative estimate of drug-likeness (QED) is 0.475. The molecular weight excluding hydrogens is 196 g/mol. The van der Waals surface area contributed by atoms with E-state index in [0.717, 1.165) is 4.73 Å². The van der Waals surface area contributed by atoms with Crippen molar-refractivity contribution >= 4 is 5.69 Å². The van der Waals surface area contributed by atoms with Crippen LogP contribution in [0.5, 0.6) is 5.75 Å². The number of aryl methyl sites for hydroxylation is 1. The number of nitrogens with zero attached hydrogens (tertiary/aromatic N) is 2. The average molecular weight is 213 g/mol. The summed E-state index contributed by atoms with van der Waals surface area (Å²) in [5, 5.41) is 12.1. The van der Waals surface area contributed by atoms with Gasteiger partial charge in [-0.25, -0.2) is 0 Å². The fourth-order valence-electron chi connectivity index (χ4n) is 1.05. The van der Waals surface area contributed by atoms with Crippen molar-refractivity contribution in [3.05, 3.63) is 22.9 Å². The maximum atomic E-state index is 10.3. The zero-order valence-electron chi connectivity index (χ0n) is 9.52. The van der Waals surface area contributed by atoms with Gasteiger partial charge in [0.05, 0.1) is 7.11 Å². The van der Waals surface area contributed by atoms with Crippen LogP contribution in [-0.4, -0.2) is 12.3 Å². The molecule has 1 aromatic heterocycles. The third-order valence-corrected chi connectivity index (χ3v) is 1.77. The van der Waals surface area contributed by atoms with E-state index in [0.29, 0.717) is 12.1 Å². The molecule has 0 fully saturated rings. The molecule has 1 N–H and O–H groups in total. The van der Waals surface area contributed by atoms with Gasteiger partial charge in [-0.3, -0.25) is 5.21 Å². The highest BCUT2D eigenvalue weighted by molar-refractivity contribution is 5.49. The molecule has 1 heterocycles. The summed E-state index contributed by atoms with van der Waals surface area (Å²) in [6, 6.07) is 1.49. The van der Waals surface area contributed by atoms with Crippen molar-refractivity contribution in [1.82, 2.24) is 0 Å². The van der Waals surface area contributed by atoms with Crippen LogP contribution in [0, 0.1) is 4.91 Å². The van der Waals surface area contributed by atoms with Crippen molar-refractivity contribution in [3.63, 3.8) is 0 Å². The largest absolute Gasteiger partial charge is 0.489 e. The third-order valence-electron chi connectivity index (χ3n) is 1.77. The minimum Gasteiger partial charge on any atom is -0.489 e. The topological polar surface area (TPSA) is 62.8 Å². The Morgan fingerprint density at radius 2 is 2.13 bits per heavy atom. The van der Waals surface area contributed by atoms with Crippen molar-refractivity contribution < 1.29 is 14.7 Å². The monoisotopic (exact) mass is 213 g/mol. The molecule has 0 aliphatic heterocycles. The van der Waals surface area contributed by atoms with Gasteiger partial charge in [0.25, 0.3) is 6.20 Å². The van der Waals surface area contributed by atoms with Crippen LogP contribution >= 0.6 is 0 Å². The van der Waals surface area contributed by atoms with Gasteiger partial charge in [0.1, 0.15) is 0 Å². The Balaban J connectivity index is 0.000000921. The number of rotatable bonds is 3. The minimum atomic E-state index is 0.199. The highest BCUT2D eigenvalue weighted by atomic mass is 16.5. The third kappa shape index (κ3) is 3.19. The summed E-state index contributed by atoms with van der Waals surface area (Å²) >= 11 is 0. The Morgan fingerprint density at radius 3 is 2.53 bits per heavy atom. The summed E-state index contributed by atoms with van der Waals surface area (Å²) in [6.07, 6.45) is 1.93. The first-order valence-corrected chi connectivity index (χ1v) is 4.88. The number of hydrogen-bond donors (Lipinski definition) is 1. The van der Waals surface area contributed by atoms with E-state index in [1.54, 1.807) is 0 Å². The Labute approximate surface area is 89.2 Å². The smallest absolute Gasteiger partial charge is 0.266 e. The van der Waals surface area contributed by atoms with E-state index in [9.17, 15) is 10.1 Å². The lowest BCUT2D eigenvalue weighted by Gasteiger charge is -1.99. The Kier molecular flexibility index (Phi) is 6.01. The van der Waals surface area contributed by atoms with E-state index in [2.05, 4.69) is 5.18 Å². The molecule has 84 valence electrons. The summed E-state index contributed by atoms with van der Waals surface area (Å²) in [6.45, 7) is 5.86. The number of hydrogen-bond acceptors (Lipinski definition) is 4. The molecule has 0 saturated carbocycles. The first-order valence-electron chi connectivity index (χ1n) is 4.88. The van der Waals surface area contributed by atoms with E-state index in [1.807, 2.05) is 20.8 Å². The number of methoxy groups -OCH3 is 1. The highest BCUT2D eigenvalue weighted by Gasteiger charge is 2.16. The molecule has 0 aliphatic rings. The summed E-state index contributed by atoms with van der Waals surface area (Å²) in [5.74, 6) is 0.259. The maximum absolute atomic E-state index is 10.3. The fourth-order valence-corrected chi connectivity index (χ4v) is 1.05. The molecule has 0 aliphatic carbocycles. The lowest BCUT2D eigenvalue weighted by atomic mass is 10.2. The van der Waals surface area contributed by atoms with Crippen molar-refractivity contribution in [2.45, 2.75) is 27.2 Å². The second kappa shape index (κ2) is 6.75. The highest BCUT2D eigenvalue weighted by Crippen LogP contribution is 2.25. The molecule has 0 radical (unpaired) electrons. The van der Waals surface area contributed by atoms with Gasteiger partial charge in [-0.2, -0.15) is 0 Å². The van der Waals surface area contributed by atoms with Gasteiger partial charge in [0, 0.05) is 17.2 Å². The predicted octanol–water partition coefficient (Wildman–Crippen LogP) is 2.21. The molecule has 5 nitrogen and oxygen atoms in total. The lowest BCUT2D eigenvalue weighted by molar-refractivity contribution is -0.909. The van der Waals surface area contributed by atoms with E-state index < -0.39 is 0 Å². The maximum Gasteiger partial charge on any atom is 0.266 e. The molecule has 0 spiro atoms. The van der Waals surface area contributed by atoms with Crippen LogP contribution in [-0.2, 0) is 6.42 Å². The van der Waals surface area contributed by atoms with Crippen molar-refractivity contribution in [1.29, 1.82) is 0 Å². The van der Waals surface area contributed by atoms with E-state index in [1.165, 1.54) is 19.4 Å². The van der Waals surface area contributed by atoms with Gasteiger partial charge < -0.3 is 4.74 Å². The Hall–Kier alpha value is -1.65. The van der Waals surface area contributed by atoms with Crippen molar-refractivity contribution in [2.24, 2.45) is 5.18 Å². The summed E-state index contributed by atoms with van der Waals surface area (Å²) in [4.78, 5) is 10.3. The normalized spacial score (nSPS) is 8.80. The number of nitroso groups, excluding NO2 is 1. The zero-order chi connectivity index (χ0) is 11.8. The van der Waals surface area contributed by atoms with Crippen LogP contribution in [0.2, 0.25) is 0 Å². The van der Waals surface area contributed by atoms with Gasteiger partial charge in [-0.15, -0.1) is 4.91 Å². The van der Waals surface area contributed by atoms with Gasteiger partial charge in [0.15, 0.2) is 5.69 Å². The summed E-state index contributed by atoms with van der Waals surface area (Å²) < 4.78 is 5.77. The zero-order valence-corrected chi connectivity index (χ0v) is 9.52. The number of aromatic nitrogens is 1. The van der Waals surface area contributed by atoms with Crippen molar-refractivity contribution in [3.8, 4) is 5.75 Å². The second-order valence-electron chi connectivity index (χ2n) is 2.51. The molecule has 1 aromatic rings. The molecular formula is C10H17N2O3+. The van der Waals surface area contributed by atoms with Crippen LogP contribution < -0.4 is 9.47 Å². The van der Waals surface area contributed by atoms with Gasteiger partial charge >= 0.3 is 0 Å². The lowest BCUT2D eigenvalue weighted by Crippen LogP contribution is -2.34. The number of ether oxygens (including phenoxy) is 1. The predicted molar refractivity (Wildman–Crippen MR) is 56.6 cm³/mol. The Bertz CT molecular complexity index is 327. The van der Waals surface area contributed by atoms with Crippen LogP contribution in [0.3, 0.4) is 0 Å². The van der Waals surface area contributed by atoms with Crippen LogP contribution in [0.15, 0.2) is 17.4 Å². The van der Waals surface area contributed by atoms with E-state index >= 15 is 0 Å². The van der Waals surface area contributed by atoms with Crippen molar-refractivity contribution in [2.75, 3.05) is 7.11 Å². The fraction of sp³-hybridized carbons (Fsp3) is 0.500. The second-order valence-corrected chi connectivity index (χ2v) is 2.51. The van der Waals surface area contributed by atoms with E-state index in [4.69, 9.17) is 4.74 Å². The molecule has 15 heavy (non-hydrogen) atoms. The van der Waals surface area contributed by atoms with Crippen LogP contribution in [0.25, 0.3) is 0 Å². The summed E-state index contributed by atoms with van der Waals surface area (Å²) in [7, 11) is 1.41. The Morgan fingerprint density at radius 1 is 1.53 bits per heavy atom. The summed E-state index contributed by atoms with van der Waals surface area (Å²) in [5.41, 5.74) is 0.806. The van der Waals surface area contributed by atoms with Gasteiger partial charge in [-0.1, -0.05) is 20.8 Å². The molecule has 1 rings (SSSR count). The molecule has 0 amide bonds. The molecule has 5 heteroatoms. The van der Waals surface area contributed by atoms with E-state index in [-0.39, 0.29) is 11.4 Å². The standard InChI is InChI=1S/C8H11N2O3.C2H6/c1-3-6-4-7(9-11)8(13-2)5-10(6)12;1-2/h4-5,12H,3H2,1-2H3;1-2H3/q+1;. The molecule has 0 bridgehead atoms. The molecule has 0 aromatic carbocycles. The molecule has 0 unspecified atom stereocenters. The SMILES string of the molecule is CC.CCc1cc(N=O)c(OC)c[n+]1O. The molecule has 0 atom stereocenters. The first-order chi connectivity index (χ1) is 7.22. The molecule has 0 saturated heterocycles. The number of pyridine rings is 1. The minimum absolute atomic E-state index is 0.199. The van der Waals surface area contributed by atoms with Crippen LogP contribution in [0.4, 0.5) is 5.69 Å². The first kappa shape index (κ1) is 13.4. The van der Waals surface area contributed by atoms with Crippen LogP contribution in [0.1, 0.15) is 26.5 Å². The van der Waals surface area contributed by atoms with Gasteiger partial charge in [0.2, 0.25) is 11.4 Å². The average Bonchev–Trinajstić information content (AvgIpc) is 2.31. The van der Waals surface area contributed by atoms with Gasteiger partial charge in [-0.05, 0) is 5.18 Å².